The Kier molecular flexibility index (Phi) is 5.81. The summed E-state index contributed by atoms with van der Waals surface area (Å²) in [6.07, 6.45) is 4.82. The topological polar surface area (TPSA) is 59.4 Å². The lowest BCUT2D eigenvalue weighted by molar-refractivity contribution is -0.136. The van der Waals surface area contributed by atoms with Crippen LogP contribution in [0.1, 0.15) is 39.0 Å². The third-order valence-electron chi connectivity index (χ3n) is 4.54. The van der Waals surface area contributed by atoms with Crippen molar-refractivity contribution in [3.63, 3.8) is 0 Å². The number of carbonyl (C=O) groups is 1. The third kappa shape index (κ3) is 3.50. The number of carbonyl (C=O) groups excluding carboxylic acids is 1. The predicted molar refractivity (Wildman–Crippen MR) is 78.1 cm³/mol. The molecule has 0 aromatic carbocycles. The van der Waals surface area contributed by atoms with Crippen LogP contribution in [0, 0.1) is 11.3 Å². The Morgan fingerprint density at radius 2 is 2.15 bits per heavy atom. The molecule has 1 unspecified atom stereocenters. The molecule has 0 aliphatic carbocycles. The lowest BCUT2D eigenvalue weighted by Crippen LogP contribution is -2.51. The smallest absolute Gasteiger partial charge is 0.239 e. The first-order valence-corrected chi connectivity index (χ1v) is 7.90. The molecule has 5 heteroatoms. The van der Waals surface area contributed by atoms with Gasteiger partial charge in [-0.3, -0.25) is 9.69 Å². The lowest BCUT2D eigenvalue weighted by atomic mass is 10.0. The molecule has 112 valence electrons. The summed E-state index contributed by atoms with van der Waals surface area (Å²) >= 11 is 0. The van der Waals surface area contributed by atoms with E-state index in [-0.39, 0.29) is 11.9 Å². The van der Waals surface area contributed by atoms with Crippen molar-refractivity contribution in [1.29, 1.82) is 5.26 Å². The summed E-state index contributed by atoms with van der Waals surface area (Å²) < 4.78 is 0. The molecule has 2 aliphatic rings. The van der Waals surface area contributed by atoms with Gasteiger partial charge in [-0.15, -0.1) is 0 Å². The van der Waals surface area contributed by atoms with E-state index in [9.17, 15) is 4.79 Å². The van der Waals surface area contributed by atoms with Crippen LogP contribution < -0.4 is 5.32 Å². The van der Waals surface area contributed by atoms with Crippen LogP contribution in [0.25, 0.3) is 0 Å². The maximum atomic E-state index is 12.7. The Morgan fingerprint density at radius 1 is 1.40 bits per heavy atom. The van der Waals surface area contributed by atoms with E-state index in [2.05, 4.69) is 16.3 Å². The van der Waals surface area contributed by atoms with Crippen molar-refractivity contribution in [3.05, 3.63) is 0 Å². The zero-order valence-electron chi connectivity index (χ0n) is 12.5. The normalized spacial score (nSPS) is 24.5. The monoisotopic (exact) mass is 278 g/mol. The lowest BCUT2D eigenvalue weighted by Gasteiger charge is -2.37. The van der Waals surface area contributed by atoms with E-state index in [0.717, 1.165) is 45.3 Å². The number of likely N-dealkylation sites (N-methyl/N-ethyl adjacent to an activating group) is 1. The van der Waals surface area contributed by atoms with Crippen LogP contribution in [-0.4, -0.2) is 60.5 Å². The van der Waals surface area contributed by atoms with E-state index >= 15 is 0 Å². The van der Waals surface area contributed by atoms with Gasteiger partial charge in [-0.25, -0.2) is 0 Å². The number of nitrogens with one attached hydrogen (secondary N) is 1. The summed E-state index contributed by atoms with van der Waals surface area (Å²) in [5, 5.41) is 12.1. The van der Waals surface area contributed by atoms with E-state index < -0.39 is 0 Å². The number of nitriles is 1. The maximum absolute atomic E-state index is 12.7. The number of rotatable bonds is 5. The number of hydrogen-bond donors (Lipinski definition) is 1. The van der Waals surface area contributed by atoms with Crippen LogP contribution >= 0.6 is 0 Å². The Labute approximate surface area is 121 Å². The average Bonchev–Trinajstić information content (AvgIpc) is 2.98. The molecule has 0 aromatic heterocycles. The van der Waals surface area contributed by atoms with Gasteiger partial charge in [0.1, 0.15) is 0 Å². The van der Waals surface area contributed by atoms with Crippen LogP contribution in [-0.2, 0) is 4.79 Å². The van der Waals surface area contributed by atoms with Crippen molar-refractivity contribution in [2.24, 2.45) is 0 Å². The number of amides is 1. The zero-order valence-corrected chi connectivity index (χ0v) is 12.5. The summed E-state index contributed by atoms with van der Waals surface area (Å²) in [5.74, 6) is 0.235. The van der Waals surface area contributed by atoms with E-state index in [1.165, 1.54) is 0 Å². The molecule has 5 nitrogen and oxygen atoms in total. The van der Waals surface area contributed by atoms with Gasteiger partial charge >= 0.3 is 0 Å². The Morgan fingerprint density at radius 3 is 2.80 bits per heavy atom. The maximum Gasteiger partial charge on any atom is 0.239 e. The second kappa shape index (κ2) is 7.61. The van der Waals surface area contributed by atoms with E-state index in [1.807, 2.05) is 11.8 Å². The number of hydrogen-bond acceptors (Lipinski definition) is 4. The van der Waals surface area contributed by atoms with Gasteiger partial charge in [0.2, 0.25) is 5.91 Å². The molecule has 2 rings (SSSR count). The number of piperidine rings is 1. The van der Waals surface area contributed by atoms with E-state index in [4.69, 9.17) is 5.26 Å². The minimum Gasteiger partial charge on any atom is -0.341 e. The van der Waals surface area contributed by atoms with Crippen molar-refractivity contribution in [2.45, 2.75) is 51.1 Å². The molecule has 20 heavy (non-hydrogen) atoms. The third-order valence-corrected chi connectivity index (χ3v) is 4.54. The van der Waals surface area contributed by atoms with Crippen molar-refractivity contribution in [3.8, 4) is 6.07 Å². The standard InChI is InChI=1S/C15H26N4O/c1-2-18(11-4-8-16)15(20)14-5-3-12-19(14)13-6-9-17-10-7-13/h13-14,17H,2-7,9-12H2,1H3. The molecule has 0 spiro atoms. The van der Waals surface area contributed by atoms with Gasteiger partial charge in [-0.2, -0.15) is 5.26 Å². The van der Waals surface area contributed by atoms with Crippen molar-refractivity contribution in [2.75, 3.05) is 32.7 Å². The first kappa shape index (κ1) is 15.3. The number of nitrogens with zero attached hydrogens (tertiary/aromatic N) is 3. The van der Waals surface area contributed by atoms with Gasteiger partial charge < -0.3 is 10.2 Å². The molecule has 1 amide bonds. The van der Waals surface area contributed by atoms with Crippen LogP contribution in [0.4, 0.5) is 0 Å². The molecule has 2 saturated heterocycles. The molecule has 2 heterocycles. The minimum absolute atomic E-state index is 0.0525. The van der Waals surface area contributed by atoms with Gasteiger partial charge in [0, 0.05) is 19.1 Å². The van der Waals surface area contributed by atoms with Crippen molar-refractivity contribution >= 4 is 5.91 Å². The molecule has 2 fully saturated rings. The summed E-state index contributed by atoms with van der Waals surface area (Å²) in [6.45, 7) is 6.46. The SMILES string of the molecule is CCN(CCC#N)C(=O)C1CCCN1C1CCNCC1. The molecule has 2 aliphatic heterocycles. The summed E-state index contributed by atoms with van der Waals surface area (Å²) in [6, 6.07) is 2.75. The van der Waals surface area contributed by atoms with Crippen LogP contribution in [0.5, 0.6) is 0 Å². The second-order valence-corrected chi connectivity index (χ2v) is 5.70. The van der Waals surface area contributed by atoms with Gasteiger partial charge in [0.05, 0.1) is 18.5 Å². The molecule has 1 atom stereocenters. The fourth-order valence-electron chi connectivity index (χ4n) is 3.45. The predicted octanol–water partition coefficient (Wildman–Crippen LogP) is 0.965. The Hall–Kier alpha value is -1.12. The fourth-order valence-corrected chi connectivity index (χ4v) is 3.45. The van der Waals surface area contributed by atoms with Gasteiger partial charge in [0.15, 0.2) is 0 Å². The highest BCUT2D eigenvalue weighted by molar-refractivity contribution is 5.82. The summed E-state index contributed by atoms with van der Waals surface area (Å²) in [5.41, 5.74) is 0. The molecule has 0 bridgehead atoms. The largest absolute Gasteiger partial charge is 0.341 e. The highest BCUT2D eigenvalue weighted by atomic mass is 16.2. The first-order valence-electron chi connectivity index (χ1n) is 7.90. The summed E-state index contributed by atoms with van der Waals surface area (Å²) in [7, 11) is 0. The molecule has 0 radical (unpaired) electrons. The van der Waals surface area contributed by atoms with Crippen molar-refractivity contribution < 1.29 is 4.79 Å². The first-order chi connectivity index (χ1) is 9.77. The van der Waals surface area contributed by atoms with Crippen LogP contribution in [0.2, 0.25) is 0 Å². The second-order valence-electron chi connectivity index (χ2n) is 5.70. The van der Waals surface area contributed by atoms with Crippen LogP contribution in [0.3, 0.4) is 0 Å². The zero-order chi connectivity index (χ0) is 14.4. The minimum atomic E-state index is 0.0525. The van der Waals surface area contributed by atoms with Gasteiger partial charge in [-0.05, 0) is 52.2 Å². The number of likely N-dealkylation sites (tertiary alicyclic amines) is 1. The summed E-state index contributed by atoms with van der Waals surface area (Å²) in [4.78, 5) is 17.0. The van der Waals surface area contributed by atoms with Crippen LogP contribution in [0.15, 0.2) is 0 Å². The fraction of sp³-hybridized carbons (Fsp3) is 0.867. The Balaban J connectivity index is 1.97. The highest BCUT2D eigenvalue weighted by Gasteiger charge is 2.37. The van der Waals surface area contributed by atoms with Crippen molar-refractivity contribution in [1.82, 2.24) is 15.1 Å². The molecule has 0 aromatic rings. The van der Waals surface area contributed by atoms with E-state index in [0.29, 0.717) is 25.6 Å². The van der Waals surface area contributed by atoms with E-state index in [1.54, 1.807) is 0 Å². The molecule has 1 N–H and O–H groups in total. The molecular weight excluding hydrogens is 252 g/mol. The molecular formula is C15H26N4O. The van der Waals surface area contributed by atoms with Gasteiger partial charge in [-0.1, -0.05) is 0 Å². The van der Waals surface area contributed by atoms with Gasteiger partial charge in [0.25, 0.3) is 0 Å². The average molecular weight is 278 g/mol. The molecule has 0 saturated carbocycles. The Bertz CT molecular complexity index is 359. The quantitative estimate of drug-likeness (QED) is 0.814. The highest BCUT2D eigenvalue weighted by Crippen LogP contribution is 2.25.